The number of ether oxygens (including phenoxy) is 1. The third-order valence-corrected chi connectivity index (χ3v) is 4.51. The molecule has 1 N–H and O–H groups in total. The quantitative estimate of drug-likeness (QED) is 0.895. The van der Waals surface area contributed by atoms with Gasteiger partial charge in [-0.05, 0) is 31.7 Å². The zero-order valence-electron chi connectivity index (χ0n) is 13.3. The first kappa shape index (κ1) is 17.1. The second-order valence-electron chi connectivity index (χ2n) is 6.26. The van der Waals surface area contributed by atoms with Gasteiger partial charge in [-0.25, -0.2) is 4.79 Å². The lowest BCUT2D eigenvalue weighted by atomic mass is 10.1. The van der Waals surface area contributed by atoms with Gasteiger partial charge in [0.15, 0.2) is 5.69 Å². The molecular formula is C15H21F3N4O2. The predicted molar refractivity (Wildman–Crippen MR) is 79.4 cm³/mol. The summed E-state index contributed by atoms with van der Waals surface area (Å²) in [7, 11) is 0. The number of nitrogens with zero attached hydrogens (tertiary/aromatic N) is 3. The fraction of sp³-hybridized carbons (Fsp3) is 0.733. The zero-order valence-corrected chi connectivity index (χ0v) is 13.3. The molecule has 0 radical (unpaired) electrons. The van der Waals surface area contributed by atoms with Gasteiger partial charge < -0.3 is 15.0 Å². The second-order valence-corrected chi connectivity index (χ2v) is 6.26. The van der Waals surface area contributed by atoms with E-state index < -0.39 is 11.9 Å². The van der Waals surface area contributed by atoms with Crippen LogP contribution in [0.1, 0.15) is 37.4 Å². The maximum absolute atomic E-state index is 12.6. The number of rotatable bonds is 2. The molecular weight excluding hydrogens is 325 g/mol. The fourth-order valence-corrected chi connectivity index (χ4v) is 3.15. The van der Waals surface area contributed by atoms with Crippen molar-refractivity contribution in [3.8, 4) is 0 Å². The molecule has 24 heavy (non-hydrogen) atoms. The van der Waals surface area contributed by atoms with Crippen LogP contribution in [-0.2, 0) is 10.9 Å². The van der Waals surface area contributed by atoms with E-state index in [1.54, 1.807) is 4.90 Å². The van der Waals surface area contributed by atoms with Crippen molar-refractivity contribution in [1.82, 2.24) is 20.0 Å². The lowest BCUT2D eigenvalue weighted by molar-refractivity contribution is -0.141. The van der Waals surface area contributed by atoms with Crippen LogP contribution >= 0.6 is 0 Å². The first-order valence-electron chi connectivity index (χ1n) is 8.19. The van der Waals surface area contributed by atoms with Gasteiger partial charge in [0.1, 0.15) is 0 Å². The maximum Gasteiger partial charge on any atom is 0.435 e. The zero-order chi connectivity index (χ0) is 17.2. The Labute approximate surface area is 137 Å². The average Bonchev–Trinajstić information content (AvgIpc) is 3.06. The molecule has 2 fully saturated rings. The number of aromatic nitrogens is 2. The van der Waals surface area contributed by atoms with Gasteiger partial charge in [0.25, 0.3) is 0 Å². The molecule has 3 rings (SSSR count). The number of amides is 2. The molecule has 2 amide bonds. The van der Waals surface area contributed by atoms with Crippen LogP contribution in [0.5, 0.6) is 0 Å². The standard InChI is InChI=1S/C15H21F3N4O2/c16-15(17,18)13-5-8-22(20-13)12-3-6-21(7-4-12)14(23)19-11-2-1-9-24-10-11/h5,8,11-12H,1-4,6-7,9-10H2,(H,19,23)/t11-/m1/s1. The lowest BCUT2D eigenvalue weighted by Gasteiger charge is -2.34. The third-order valence-electron chi connectivity index (χ3n) is 4.51. The van der Waals surface area contributed by atoms with Crippen LogP contribution in [0, 0.1) is 0 Å². The Kier molecular flexibility index (Phi) is 4.98. The largest absolute Gasteiger partial charge is 0.435 e. The summed E-state index contributed by atoms with van der Waals surface area (Å²) in [5.74, 6) is 0. The molecule has 1 atom stereocenters. The number of hydrogen-bond donors (Lipinski definition) is 1. The van der Waals surface area contributed by atoms with Crippen LogP contribution in [0.4, 0.5) is 18.0 Å². The van der Waals surface area contributed by atoms with Gasteiger partial charge >= 0.3 is 12.2 Å². The van der Waals surface area contributed by atoms with E-state index in [9.17, 15) is 18.0 Å². The summed E-state index contributed by atoms with van der Waals surface area (Å²) < 4.78 is 44.5. The van der Waals surface area contributed by atoms with E-state index in [0.717, 1.165) is 25.5 Å². The summed E-state index contributed by atoms with van der Waals surface area (Å²) in [4.78, 5) is 13.9. The monoisotopic (exact) mass is 346 g/mol. The summed E-state index contributed by atoms with van der Waals surface area (Å²) >= 11 is 0. The second kappa shape index (κ2) is 7.00. The van der Waals surface area contributed by atoms with Gasteiger partial charge in [-0.1, -0.05) is 0 Å². The summed E-state index contributed by atoms with van der Waals surface area (Å²) in [6.07, 6.45) is -0.0266. The van der Waals surface area contributed by atoms with E-state index in [1.807, 2.05) is 0 Å². The minimum atomic E-state index is -4.42. The Morgan fingerprint density at radius 2 is 2.04 bits per heavy atom. The highest BCUT2D eigenvalue weighted by Gasteiger charge is 2.34. The SMILES string of the molecule is O=C(N[C@@H]1CCCOC1)N1CCC(n2ccc(C(F)(F)F)n2)CC1. The van der Waals surface area contributed by atoms with Gasteiger partial charge in [-0.3, -0.25) is 4.68 Å². The number of likely N-dealkylation sites (tertiary alicyclic amines) is 1. The number of halogens is 3. The van der Waals surface area contributed by atoms with Crippen LogP contribution in [0.25, 0.3) is 0 Å². The number of urea groups is 1. The Balaban J connectivity index is 1.50. The van der Waals surface area contributed by atoms with E-state index in [1.165, 1.54) is 10.9 Å². The number of piperidine rings is 1. The molecule has 0 spiro atoms. The van der Waals surface area contributed by atoms with Crippen molar-refractivity contribution in [2.45, 2.75) is 43.9 Å². The fourth-order valence-electron chi connectivity index (χ4n) is 3.15. The van der Waals surface area contributed by atoms with Crippen molar-refractivity contribution in [3.63, 3.8) is 0 Å². The molecule has 0 aliphatic carbocycles. The molecule has 0 saturated carbocycles. The van der Waals surface area contributed by atoms with Crippen molar-refractivity contribution in [2.24, 2.45) is 0 Å². The Morgan fingerprint density at radius 1 is 1.29 bits per heavy atom. The van der Waals surface area contributed by atoms with Crippen LogP contribution in [0.15, 0.2) is 12.3 Å². The molecule has 1 aromatic heterocycles. The summed E-state index contributed by atoms with van der Waals surface area (Å²) in [5.41, 5.74) is -0.875. The van der Waals surface area contributed by atoms with Crippen molar-refractivity contribution in [2.75, 3.05) is 26.3 Å². The summed E-state index contributed by atoms with van der Waals surface area (Å²) in [5, 5.41) is 6.58. The third kappa shape index (κ3) is 4.00. The Hall–Kier alpha value is -1.77. The number of nitrogens with one attached hydrogen (secondary N) is 1. The molecule has 6 nitrogen and oxygen atoms in total. The number of hydrogen-bond acceptors (Lipinski definition) is 3. The minimum Gasteiger partial charge on any atom is -0.379 e. The van der Waals surface area contributed by atoms with Gasteiger partial charge in [0.2, 0.25) is 0 Å². The molecule has 1 aromatic rings. The molecule has 134 valence electrons. The molecule has 0 bridgehead atoms. The first-order valence-corrected chi connectivity index (χ1v) is 8.19. The van der Waals surface area contributed by atoms with E-state index in [2.05, 4.69) is 10.4 Å². The molecule has 0 unspecified atom stereocenters. The molecule has 0 aromatic carbocycles. The van der Waals surface area contributed by atoms with E-state index in [0.29, 0.717) is 32.5 Å². The number of carbonyl (C=O) groups excluding carboxylic acids is 1. The van der Waals surface area contributed by atoms with Crippen LogP contribution in [0.3, 0.4) is 0 Å². The Bertz CT molecular complexity index is 561. The lowest BCUT2D eigenvalue weighted by Crippen LogP contribution is -2.50. The molecule has 3 heterocycles. The van der Waals surface area contributed by atoms with E-state index in [-0.39, 0.29) is 18.1 Å². The van der Waals surface area contributed by atoms with Crippen molar-refractivity contribution < 1.29 is 22.7 Å². The molecule has 2 saturated heterocycles. The predicted octanol–water partition coefficient (Wildman–Crippen LogP) is 2.43. The van der Waals surface area contributed by atoms with Crippen LogP contribution in [-0.4, -0.2) is 53.1 Å². The summed E-state index contributed by atoms with van der Waals surface area (Å²) in [6, 6.07) is 0.801. The highest BCUT2D eigenvalue weighted by molar-refractivity contribution is 5.74. The highest BCUT2D eigenvalue weighted by Crippen LogP contribution is 2.29. The van der Waals surface area contributed by atoms with Crippen molar-refractivity contribution in [1.29, 1.82) is 0 Å². The smallest absolute Gasteiger partial charge is 0.379 e. The van der Waals surface area contributed by atoms with Gasteiger partial charge in [0.05, 0.1) is 18.7 Å². The molecule has 2 aliphatic heterocycles. The minimum absolute atomic E-state index is 0.0458. The topological polar surface area (TPSA) is 59.4 Å². The van der Waals surface area contributed by atoms with Crippen LogP contribution in [0.2, 0.25) is 0 Å². The van der Waals surface area contributed by atoms with Gasteiger partial charge in [-0.2, -0.15) is 18.3 Å². The van der Waals surface area contributed by atoms with E-state index >= 15 is 0 Å². The number of carbonyl (C=O) groups is 1. The molecule has 2 aliphatic rings. The highest BCUT2D eigenvalue weighted by atomic mass is 19.4. The summed E-state index contributed by atoms with van der Waals surface area (Å²) in [6.45, 7) is 2.29. The van der Waals surface area contributed by atoms with Gasteiger partial charge in [-0.15, -0.1) is 0 Å². The normalized spacial score (nSPS) is 23.3. The van der Waals surface area contributed by atoms with Crippen LogP contribution < -0.4 is 5.32 Å². The Morgan fingerprint density at radius 3 is 2.62 bits per heavy atom. The number of alkyl halides is 3. The average molecular weight is 346 g/mol. The maximum atomic E-state index is 12.6. The van der Waals surface area contributed by atoms with E-state index in [4.69, 9.17) is 4.74 Å². The first-order chi connectivity index (χ1) is 11.4. The molecule has 9 heteroatoms. The van der Waals surface area contributed by atoms with Crippen molar-refractivity contribution >= 4 is 6.03 Å². The van der Waals surface area contributed by atoms with Gasteiger partial charge in [0, 0.05) is 25.9 Å². The van der Waals surface area contributed by atoms with Crippen molar-refractivity contribution in [3.05, 3.63) is 18.0 Å².